The number of hydrogen-bond donors (Lipinski definition) is 0. The van der Waals surface area contributed by atoms with Crippen LogP contribution in [0.4, 0.5) is 0 Å². The van der Waals surface area contributed by atoms with Crippen molar-refractivity contribution in [1.29, 1.82) is 0 Å². The number of esters is 1. The highest BCUT2D eigenvalue weighted by molar-refractivity contribution is 6.06. The molecule has 150 valence electrons. The average Bonchev–Trinajstić information content (AvgIpc) is 3.42. The van der Waals surface area contributed by atoms with Crippen LogP contribution in [-0.4, -0.2) is 16.1 Å². The number of pyridine rings is 1. The second kappa shape index (κ2) is 7.63. The third-order valence-electron chi connectivity index (χ3n) is 5.26. The molecule has 30 heavy (non-hydrogen) atoms. The van der Waals surface area contributed by atoms with Crippen LogP contribution in [0.5, 0.6) is 0 Å². The summed E-state index contributed by atoms with van der Waals surface area (Å²) in [6.07, 6.45) is 6.25. The molecule has 0 unspecified atom stereocenters. The van der Waals surface area contributed by atoms with E-state index in [-0.39, 0.29) is 12.6 Å². The Morgan fingerprint density at radius 2 is 2.10 bits per heavy atom. The molecule has 3 heterocycles. The van der Waals surface area contributed by atoms with Gasteiger partial charge in [-0.25, -0.2) is 9.78 Å². The molecule has 0 radical (unpaired) electrons. The maximum atomic E-state index is 13.2. The van der Waals surface area contributed by atoms with Crippen molar-refractivity contribution in [3.05, 3.63) is 82.8 Å². The Kier molecular flexibility index (Phi) is 4.67. The van der Waals surface area contributed by atoms with Gasteiger partial charge in [0.1, 0.15) is 23.8 Å². The standard InChI is InChI=1S/C24H20N2O4/c1-15-12-17(26-30-15)14-29-24(27)22-19-8-2-3-10-21(19)25-23-16(6-4-9-20(22)23)13-18-7-5-11-28-18/h2-3,5,7-8,10-13H,4,6,9,14H2,1H3/b16-13+. The lowest BCUT2D eigenvalue weighted by Crippen LogP contribution is -2.15. The Morgan fingerprint density at radius 3 is 2.90 bits per heavy atom. The van der Waals surface area contributed by atoms with E-state index in [4.69, 9.17) is 18.7 Å². The minimum Gasteiger partial charge on any atom is -0.465 e. The zero-order chi connectivity index (χ0) is 20.5. The summed E-state index contributed by atoms with van der Waals surface area (Å²) in [5.41, 5.74) is 4.79. The van der Waals surface area contributed by atoms with E-state index in [2.05, 4.69) is 5.16 Å². The number of hydrogen-bond acceptors (Lipinski definition) is 6. The smallest absolute Gasteiger partial charge is 0.339 e. The number of aryl methyl sites for hydroxylation is 1. The lowest BCUT2D eigenvalue weighted by Gasteiger charge is -2.22. The molecule has 0 atom stereocenters. The van der Waals surface area contributed by atoms with Gasteiger partial charge in [0.2, 0.25) is 0 Å². The van der Waals surface area contributed by atoms with Crippen molar-refractivity contribution in [3.63, 3.8) is 0 Å². The Hall–Kier alpha value is -3.67. The number of benzene rings is 1. The van der Waals surface area contributed by atoms with E-state index in [0.29, 0.717) is 17.0 Å². The zero-order valence-corrected chi connectivity index (χ0v) is 16.6. The van der Waals surface area contributed by atoms with Crippen molar-refractivity contribution in [2.24, 2.45) is 0 Å². The van der Waals surface area contributed by atoms with E-state index in [1.165, 1.54) is 0 Å². The molecular weight excluding hydrogens is 380 g/mol. The molecule has 6 nitrogen and oxygen atoms in total. The zero-order valence-electron chi connectivity index (χ0n) is 16.6. The van der Waals surface area contributed by atoms with Crippen molar-refractivity contribution in [3.8, 4) is 0 Å². The quantitative estimate of drug-likeness (QED) is 0.429. The van der Waals surface area contributed by atoms with Crippen LogP contribution in [-0.2, 0) is 17.8 Å². The lowest BCUT2D eigenvalue weighted by molar-refractivity contribution is 0.0465. The number of carbonyl (C=O) groups excluding carboxylic acids is 1. The molecule has 5 rings (SSSR count). The molecule has 3 aromatic heterocycles. The summed E-state index contributed by atoms with van der Waals surface area (Å²) in [5.74, 6) is 1.09. The Bertz CT molecular complexity index is 1250. The van der Waals surface area contributed by atoms with Gasteiger partial charge in [0.15, 0.2) is 0 Å². The summed E-state index contributed by atoms with van der Waals surface area (Å²) in [5, 5.41) is 4.70. The lowest BCUT2D eigenvalue weighted by atomic mass is 9.86. The van der Waals surface area contributed by atoms with Gasteiger partial charge in [-0.3, -0.25) is 0 Å². The summed E-state index contributed by atoms with van der Waals surface area (Å²) < 4.78 is 16.2. The number of rotatable bonds is 4. The van der Waals surface area contributed by atoms with E-state index in [1.54, 1.807) is 19.3 Å². The van der Waals surface area contributed by atoms with Crippen LogP contribution in [0, 0.1) is 6.92 Å². The van der Waals surface area contributed by atoms with Gasteiger partial charge < -0.3 is 13.7 Å². The molecule has 0 fully saturated rings. The highest BCUT2D eigenvalue weighted by Crippen LogP contribution is 2.36. The molecule has 0 aliphatic heterocycles. The summed E-state index contributed by atoms with van der Waals surface area (Å²) >= 11 is 0. The van der Waals surface area contributed by atoms with Crippen LogP contribution >= 0.6 is 0 Å². The molecule has 0 saturated heterocycles. The first-order chi connectivity index (χ1) is 14.7. The van der Waals surface area contributed by atoms with Crippen LogP contribution in [0.2, 0.25) is 0 Å². The van der Waals surface area contributed by atoms with Crippen molar-refractivity contribution < 1.29 is 18.5 Å². The van der Waals surface area contributed by atoms with E-state index < -0.39 is 0 Å². The van der Waals surface area contributed by atoms with Crippen molar-refractivity contribution in [1.82, 2.24) is 10.1 Å². The molecule has 0 spiro atoms. The van der Waals surface area contributed by atoms with Crippen LogP contribution in [0.1, 0.15) is 51.7 Å². The van der Waals surface area contributed by atoms with E-state index in [9.17, 15) is 4.79 Å². The number of fused-ring (bicyclic) bond motifs is 2. The van der Waals surface area contributed by atoms with Crippen LogP contribution in [0.15, 0.2) is 57.7 Å². The number of aromatic nitrogens is 2. The summed E-state index contributed by atoms with van der Waals surface area (Å²) in [6.45, 7) is 1.87. The minimum absolute atomic E-state index is 0.0662. The molecule has 0 bridgehead atoms. The first-order valence-electron chi connectivity index (χ1n) is 9.94. The van der Waals surface area contributed by atoms with E-state index in [0.717, 1.165) is 52.8 Å². The van der Waals surface area contributed by atoms with Crippen molar-refractivity contribution in [2.75, 3.05) is 0 Å². The van der Waals surface area contributed by atoms with Crippen LogP contribution in [0.3, 0.4) is 0 Å². The van der Waals surface area contributed by atoms with Gasteiger partial charge in [-0.15, -0.1) is 0 Å². The Labute approximate surface area is 173 Å². The molecule has 1 aromatic carbocycles. The fourth-order valence-corrected chi connectivity index (χ4v) is 3.95. The number of furan rings is 1. The largest absolute Gasteiger partial charge is 0.465 e. The van der Waals surface area contributed by atoms with Crippen LogP contribution in [0.25, 0.3) is 22.6 Å². The maximum Gasteiger partial charge on any atom is 0.339 e. The Morgan fingerprint density at radius 1 is 1.20 bits per heavy atom. The fraction of sp³-hybridized carbons (Fsp3) is 0.208. The first-order valence-corrected chi connectivity index (χ1v) is 9.94. The van der Waals surface area contributed by atoms with Gasteiger partial charge in [0.05, 0.1) is 23.0 Å². The van der Waals surface area contributed by atoms with Crippen molar-refractivity contribution in [2.45, 2.75) is 32.8 Å². The third-order valence-corrected chi connectivity index (χ3v) is 5.26. The molecule has 1 aliphatic rings. The minimum atomic E-state index is -0.371. The maximum absolute atomic E-state index is 13.2. The number of carbonyl (C=O) groups is 1. The summed E-state index contributed by atoms with van der Waals surface area (Å²) in [7, 11) is 0. The molecule has 6 heteroatoms. The van der Waals surface area contributed by atoms with Gasteiger partial charge >= 0.3 is 5.97 Å². The number of para-hydroxylation sites is 1. The normalized spacial score (nSPS) is 14.8. The summed E-state index contributed by atoms with van der Waals surface area (Å²) in [4.78, 5) is 18.1. The SMILES string of the molecule is Cc1cc(COC(=O)c2c3c(nc4ccccc24)/C(=C/c2ccco2)CCC3)no1. The molecule has 0 N–H and O–H groups in total. The summed E-state index contributed by atoms with van der Waals surface area (Å²) in [6, 6.07) is 13.2. The predicted molar refractivity (Wildman–Crippen MR) is 112 cm³/mol. The van der Waals surface area contributed by atoms with E-state index >= 15 is 0 Å². The number of ether oxygens (including phenoxy) is 1. The van der Waals surface area contributed by atoms with E-state index in [1.807, 2.05) is 42.5 Å². The fourth-order valence-electron chi connectivity index (χ4n) is 3.95. The second-order valence-electron chi connectivity index (χ2n) is 7.37. The van der Waals surface area contributed by atoms with Gasteiger partial charge in [-0.1, -0.05) is 23.4 Å². The first kappa shape index (κ1) is 18.4. The third kappa shape index (κ3) is 3.41. The van der Waals surface area contributed by atoms with Crippen LogP contribution < -0.4 is 0 Å². The number of nitrogens with zero attached hydrogens (tertiary/aromatic N) is 2. The monoisotopic (exact) mass is 400 g/mol. The highest BCUT2D eigenvalue weighted by Gasteiger charge is 2.26. The second-order valence-corrected chi connectivity index (χ2v) is 7.37. The molecule has 0 saturated carbocycles. The molecule has 1 aliphatic carbocycles. The van der Waals surface area contributed by atoms with Gasteiger partial charge in [-0.05, 0) is 61.6 Å². The predicted octanol–water partition coefficient (Wildman–Crippen LogP) is 5.36. The van der Waals surface area contributed by atoms with Crippen molar-refractivity contribution >= 4 is 28.5 Å². The number of allylic oxidation sites excluding steroid dienone is 1. The van der Waals surface area contributed by atoms with Gasteiger partial charge in [0.25, 0.3) is 0 Å². The van der Waals surface area contributed by atoms with Gasteiger partial charge in [0, 0.05) is 11.5 Å². The highest BCUT2D eigenvalue weighted by atomic mass is 16.5. The molecule has 4 aromatic rings. The Balaban J connectivity index is 1.59. The molecule has 0 amide bonds. The average molecular weight is 400 g/mol. The molecular formula is C24H20N2O4. The van der Waals surface area contributed by atoms with Gasteiger partial charge in [-0.2, -0.15) is 0 Å². The topological polar surface area (TPSA) is 78.4 Å².